The fraction of sp³-hybridized carbons (Fsp3) is 0.318. The fourth-order valence-electron chi connectivity index (χ4n) is 3.35. The highest BCUT2D eigenvalue weighted by Crippen LogP contribution is 2.24. The normalized spacial score (nSPS) is 12.1. The van der Waals surface area contributed by atoms with Crippen LogP contribution in [0.3, 0.4) is 0 Å². The van der Waals surface area contributed by atoms with Crippen LogP contribution < -0.4 is 0 Å². The number of fused-ring (bicyclic) bond motifs is 1. The number of aliphatic hydroxyl groups excluding tert-OH is 1. The number of aliphatic hydroxyl groups is 1. The van der Waals surface area contributed by atoms with Crippen LogP contribution in [0.25, 0.3) is 10.9 Å². The molecule has 0 bridgehead atoms. The topological polar surface area (TPSA) is 66.3 Å². The maximum absolute atomic E-state index is 13.6. The number of amides is 1. The van der Waals surface area contributed by atoms with E-state index in [-0.39, 0.29) is 18.6 Å². The Hall–Kier alpha value is -2.79. The molecule has 0 aliphatic rings. The predicted octanol–water partition coefficient (Wildman–Crippen LogP) is 3.66. The number of hydrogen-bond donors (Lipinski definition) is 1. The third kappa shape index (κ3) is 3.98. The van der Waals surface area contributed by atoms with Gasteiger partial charge in [-0.3, -0.25) is 14.8 Å². The Labute approximate surface area is 159 Å². The molecule has 5 heteroatoms. The van der Waals surface area contributed by atoms with Crippen LogP contribution in [0, 0.1) is 13.8 Å². The number of pyridine rings is 2. The molecule has 0 aliphatic heterocycles. The Balaban J connectivity index is 2.09. The lowest BCUT2D eigenvalue weighted by molar-refractivity contribution is 0.0565. The number of aryl methyl sites for hydroxylation is 2. The van der Waals surface area contributed by atoms with Crippen molar-refractivity contribution in [2.75, 3.05) is 6.61 Å². The molecule has 1 N–H and O–H groups in total. The van der Waals surface area contributed by atoms with Gasteiger partial charge in [-0.25, -0.2) is 0 Å². The summed E-state index contributed by atoms with van der Waals surface area (Å²) in [6, 6.07) is 11.3. The van der Waals surface area contributed by atoms with Gasteiger partial charge >= 0.3 is 0 Å². The van der Waals surface area contributed by atoms with Crippen LogP contribution in [0.1, 0.15) is 40.5 Å². The van der Waals surface area contributed by atoms with Crippen LogP contribution >= 0.6 is 0 Å². The molecular formula is C22H25N3O2. The molecule has 27 heavy (non-hydrogen) atoms. The van der Waals surface area contributed by atoms with Crippen molar-refractivity contribution >= 4 is 16.8 Å². The van der Waals surface area contributed by atoms with E-state index in [0.717, 1.165) is 27.7 Å². The number of benzene rings is 1. The van der Waals surface area contributed by atoms with Crippen molar-refractivity contribution < 1.29 is 9.90 Å². The number of carbonyl (C=O) groups excluding carboxylic acids is 1. The van der Waals surface area contributed by atoms with Gasteiger partial charge in [0, 0.05) is 30.0 Å². The number of para-hydroxylation sites is 1. The van der Waals surface area contributed by atoms with Gasteiger partial charge in [0.25, 0.3) is 5.91 Å². The van der Waals surface area contributed by atoms with E-state index < -0.39 is 0 Å². The summed E-state index contributed by atoms with van der Waals surface area (Å²) in [5.41, 5.74) is 4.25. The molecule has 3 aromatic rings. The molecule has 2 aromatic heterocycles. The molecule has 0 aliphatic carbocycles. The van der Waals surface area contributed by atoms with E-state index in [4.69, 9.17) is 0 Å². The first kappa shape index (κ1) is 19.0. The lowest BCUT2D eigenvalue weighted by Crippen LogP contribution is -2.41. The SMILES string of the molecule is CCC(CO)N(Cc1cccnc1)C(=O)c1cc(C)nc2c(C)cccc12. The summed E-state index contributed by atoms with van der Waals surface area (Å²) in [5.74, 6) is -0.0964. The summed E-state index contributed by atoms with van der Waals surface area (Å²) < 4.78 is 0. The minimum Gasteiger partial charge on any atom is -0.394 e. The standard InChI is InChI=1S/C22H25N3O2/c1-4-18(14-26)25(13-17-8-6-10-23-12-17)22(27)20-11-16(3)24-21-15(2)7-5-9-19(20)21/h5-12,18,26H,4,13-14H2,1-3H3. The molecule has 1 atom stereocenters. The second-order valence-electron chi connectivity index (χ2n) is 6.82. The monoisotopic (exact) mass is 363 g/mol. The first-order valence-electron chi connectivity index (χ1n) is 9.22. The van der Waals surface area contributed by atoms with Crippen molar-refractivity contribution in [1.29, 1.82) is 0 Å². The second-order valence-corrected chi connectivity index (χ2v) is 6.82. The first-order chi connectivity index (χ1) is 13.0. The zero-order valence-corrected chi connectivity index (χ0v) is 16.0. The Bertz CT molecular complexity index is 937. The summed E-state index contributed by atoms with van der Waals surface area (Å²) in [5, 5.41) is 10.7. The lowest BCUT2D eigenvalue weighted by Gasteiger charge is -2.30. The zero-order valence-electron chi connectivity index (χ0n) is 16.0. The number of carbonyl (C=O) groups is 1. The zero-order chi connectivity index (χ0) is 19.4. The van der Waals surface area contributed by atoms with Crippen molar-refractivity contribution in [2.24, 2.45) is 0 Å². The molecule has 5 nitrogen and oxygen atoms in total. The van der Waals surface area contributed by atoms with E-state index in [1.165, 1.54) is 0 Å². The lowest BCUT2D eigenvalue weighted by atomic mass is 10.0. The van der Waals surface area contributed by atoms with E-state index >= 15 is 0 Å². The summed E-state index contributed by atoms with van der Waals surface area (Å²) in [6.07, 6.45) is 4.13. The molecule has 1 amide bonds. The molecule has 0 radical (unpaired) electrons. The van der Waals surface area contributed by atoms with Crippen molar-refractivity contribution in [3.05, 3.63) is 71.2 Å². The van der Waals surface area contributed by atoms with Gasteiger partial charge in [0.2, 0.25) is 0 Å². The molecule has 0 saturated carbocycles. The maximum Gasteiger partial charge on any atom is 0.255 e. The van der Waals surface area contributed by atoms with Crippen LogP contribution in [0.4, 0.5) is 0 Å². The van der Waals surface area contributed by atoms with Crippen LogP contribution in [0.5, 0.6) is 0 Å². The molecular weight excluding hydrogens is 338 g/mol. The predicted molar refractivity (Wildman–Crippen MR) is 106 cm³/mol. The Morgan fingerprint density at radius 3 is 2.70 bits per heavy atom. The van der Waals surface area contributed by atoms with Crippen LogP contribution in [-0.2, 0) is 6.54 Å². The largest absolute Gasteiger partial charge is 0.394 e. The van der Waals surface area contributed by atoms with Crippen molar-refractivity contribution in [3.63, 3.8) is 0 Å². The summed E-state index contributed by atoms with van der Waals surface area (Å²) in [7, 11) is 0. The van der Waals surface area contributed by atoms with Gasteiger partial charge in [0.1, 0.15) is 0 Å². The van der Waals surface area contributed by atoms with Gasteiger partial charge < -0.3 is 10.0 Å². The number of hydrogen-bond acceptors (Lipinski definition) is 4. The number of aromatic nitrogens is 2. The molecule has 0 fully saturated rings. The van der Waals surface area contributed by atoms with Gasteiger partial charge in [0.15, 0.2) is 0 Å². The van der Waals surface area contributed by atoms with Crippen LogP contribution in [-0.4, -0.2) is 38.5 Å². The van der Waals surface area contributed by atoms with Crippen molar-refractivity contribution in [3.8, 4) is 0 Å². The smallest absolute Gasteiger partial charge is 0.255 e. The highest BCUT2D eigenvalue weighted by molar-refractivity contribution is 6.06. The van der Waals surface area contributed by atoms with E-state index in [9.17, 15) is 9.90 Å². The molecule has 140 valence electrons. The third-order valence-corrected chi connectivity index (χ3v) is 4.86. The van der Waals surface area contributed by atoms with E-state index in [2.05, 4.69) is 9.97 Å². The van der Waals surface area contributed by atoms with E-state index in [1.54, 1.807) is 17.3 Å². The van der Waals surface area contributed by atoms with Crippen molar-refractivity contribution in [2.45, 2.75) is 39.8 Å². The Morgan fingerprint density at radius 2 is 2.04 bits per heavy atom. The van der Waals surface area contributed by atoms with Crippen molar-refractivity contribution in [1.82, 2.24) is 14.9 Å². The molecule has 3 rings (SSSR count). The summed E-state index contributed by atoms with van der Waals surface area (Å²) in [6.45, 7) is 6.20. The first-order valence-corrected chi connectivity index (χ1v) is 9.22. The van der Waals surface area contributed by atoms with Gasteiger partial charge in [-0.15, -0.1) is 0 Å². The highest BCUT2D eigenvalue weighted by atomic mass is 16.3. The van der Waals surface area contributed by atoms with Gasteiger partial charge in [-0.2, -0.15) is 0 Å². The molecule has 1 aromatic carbocycles. The summed E-state index contributed by atoms with van der Waals surface area (Å²) >= 11 is 0. The summed E-state index contributed by atoms with van der Waals surface area (Å²) in [4.78, 5) is 24.1. The molecule has 0 saturated heterocycles. The van der Waals surface area contributed by atoms with Gasteiger partial charge in [-0.05, 0) is 43.5 Å². The molecule has 2 heterocycles. The van der Waals surface area contributed by atoms with Gasteiger partial charge in [-0.1, -0.05) is 31.2 Å². The Morgan fingerprint density at radius 1 is 1.22 bits per heavy atom. The molecule has 0 spiro atoms. The minimum atomic E-state index is -0.258. The quantitative estimate of drug-likeness (QED) is 0.726. The Kier molecular flexibility index (Phi) is 5.81. The average Bonchev–Trinajstić information content (AvgIpc) is 2.68. The highest BCUT2D eigenvalue weighted by Gasteiger charge is 2.25. The van der Waals surface area contributed by atoms with Crippen LogP contribution in [0.2, 0.25) is 0 Å². The second kappa shape index (κ2) is 8.27. The minimum absolute atomic E-state index is 0.0798. The number of nitrogens with zero attached hydrogens (tertiary/aromatic N) is 3. The van der Waals surface area contributed by atoms with E-state index in [1.807, 2.05) is 57.2 Å². The van der Waals surface area contributed by atoms with E-state index in [0.29, 0.717) is 18.5 Å². The number of rotatable bonds is 6. The van der Waals surface area contributed by atoms with Crippen LogP contribution in [0.15, 0.2) is 48.8 Å². The average molecular weight is 363 g/mol. The fourth-order valence-corrected chi connectivity index (χ4v) is 3.35. The third-order valence-electron chi connectivity index (χ3n) is 4.86. The molecule has 1 unspecified atom stereocenters. The van der Waals surface area contributed by atoms with Gasteiger partial charge in [0.05, 0.1) is 23.7 Å². The maximum atomic E-state index is 13.6.